The van der Waals surface area contributed by atoms with Crippen LogP contribution in [0.2, 0.25) is 0 Å². The summed E-state index contributed by atoms with van der Waals surface area (Å²) in [4.78, 5) is 10.6. The van der Waals surface area contributed by atoms with Crippen molar-refractivity contribution in [2.45, 2.75) is 38.0 Å². The number of nitrogens with zero attached hydrogens (tertiary/aromatic N) is 2. The van der Waals surface area contributed by atoms with Gasteiger partial charge in [0.25, 0.3) is 0 Å². The van der Waals surface area contributed by atoms with E-state index >= 15 is 0 Å². The molecule has 1 N–H and O–H groups in total. The van der Waals surface area contributed by atoms with Crippen LogP contribution in [0.5, 0.6) is 0 Å². The number of aromatic nitrogens is 2. The van der Waals surface area contributed by atoms with Gasteiger partial charge in [0.2, 0.25) is 0 Å². The molecule has 2 rings (SSSR count). The Labute approximate surface area is 131 Å². The zero-order valence-electron chi connectivity index (χ0n) is 13.4. The molecule has 1 aromatic carbocycles. The molecule has 0 atom stereocenters. The Morgan fingerprint density at radius 2 is 1.76 bits per heavy atom. The van der Waals surface area contributed by atoms with Gasteiger partial charge < -0.3 is 5.32 Å². The van der Waals surface area contributed by atoms with Crippen molar-refractivity contribution in [2.24, 2.45) is 0 Å². The average Bonchev–Trinajstić information content (AvgIpc) is 2.46. The Morgan fingerprint density at radius 1 is 1.10 bits per heavy atom. The third-order valence-corrected chi connectivity index (χ3v) is 3.94. The Bertz CT molecular complexity index is 600. The van der Waals surface area contributed by atoms with Crippen molar-refractivity contribution in [1.82, 2.24) is 9.97 Å². The summed E-state index contributed by atoms with van der Waals surface area (Å²) in [6, 6.07) is 10.4. The highest BCUT2D eigenvalue weighted by Crippen LogP contribution is 2.26. The lowest BCUT2D eigenvalue weighted by Crippen LogP contribution is -2.16. The second kappa shape index (κ2) is 6.48. The van der Waals surface area contributed by atoms with Gasteiger partial charge in [-0.25, -0.2) is 9.97 Å². The van der Waals surface area contributed by atoms with Crippen molar-refractivity contribution in [3.63, 3.8) is 0 Å². The minimum Gasteiger partial charge on any atom is -0.370 e. The van der Waals surface area contributed by atoms with Crippen LogP contribution < -0.4 is 5.32 Å². The van der Waals surface area contributed by atoms with E-state index in [9.17, 15) is 0 Å². The van der Waals surface area contributed by atoms with Gasteiger partial charge in [-0.2, -0.15) is 0 Å². The van der Waals surface area contributed by atoms with Gasteiger partial charge in [-0.1, -0.05) is 32.9 Å². The number of anilines is 1. The molecule has 0 bridgehead atoms. The summed E-state index contributed by atoms with van der Waals surface area (Å²) in [7, 11) is 0. The molecule has 0 unspecified atom stereocenters. The second-order valence-electron chi connectivity index (χ2n) is 5.97. The topological polar surface area (TPSA) is 37.8 Å². The molecule has 0 aliphatic heterocycles. The zero-order chi connectivity index (χ0) is 15.5. The van der Waals surface area contributed by atoms with Gasteiger partial charge in [-0.15, -0.1) is 11.8 Å². The van der Waals surface area contributed by atoms with Gasteiger partial charge in [0, 0.05) is 28.5 Å². The number of hydrogen-bond acceptors (Lipinski definition) is 4. The van der Waals surface area contributed by atoms with Crippen molar-refractivity contribution in [1.29, 1.82) is 0 Å². The van der Waals surface area contributed by atoms with Crippen molar-refractivity contribution in [2.75, 3.05) is 18.1 Å². The fourth-order valence-corrected chi connectivity index (χ4v) is 2.38. The van der Waals surface area contributed by atoms with Crippen LogP contribution in [-0.2, 0) is 5.41 Å². The number of thioether (sulfide) groups is 1. The van der Waals surface area contributed by atoms with Gasteiger partial charge >= 0.3 is 0 Å². The molecule has 3 nitrogen and oxygen atoms in total. The second-order valence-corrected chi connectivity index (χ2v) is 6.85. The molecule has 0 radical (unpaired) electrons. The molecule has 0 aliphatic carbocycles. The number of hydrogen-bond donors (Lipinski definition) is 1. The summed E-state index contributed by atoms with van der Waals surface area (Å²) in [5.74, 6) is 1.67. The van der Waals surface area contributed by atoms with Crippen molar-refractivity contribution in [3.05, 3.63) is 36.0 Å². The molecule has 0 spiro atoms. The normalized spacial score (nSPS) is 11.5. The number of nitrogens with one attached hydrogen (secondary N) is 1. The standard InChI is InChI=1S/C17H23N3S/c1-6-18-15-11-14(17(2,3)4)19-16(20-15)12-7-9-13(21-5)10-8-12/h7-11H,6H2,1-5H3,(H,18,19,20). The first-order valence-electron chi connectivity index (χ1n) is 7.22. The minimum atomic E-state index is 0.00106. The Morgan fingerprint density at radius 3 is 2.29 bits per heavy atom. The predicted octanol–water partition coefficient (Wildman–Crippen LogP) is 4.59. The largest absolute Gasteiger partial charge is 0.370 e. The molecule has 21 heavy (non-hydrogen) atoms. The molecule has 0 fully saturated rings. The lowest BCUT2D eigenvalue weighted by Gasteiger charge is -2.19. The van der Waals surface area contributed by atoms with Crippen LogP contribution in [0, 0.1) is 0 Å². The molecular weight excluding hydrogens is 278 g/mol. The van der Waals surface area contributed by atoms with Crippen molar-refractivity contribution in [3.8, 4) is 11.4 Å². The number of benzene rings is 1. The summed E-state index contributed by atoms with van der Waals surface area (Å²) < 4.78 is 0. The van der Waals surface area contributed by atoms with Crippen LogP contribution in [0.25, 0.3) is 11.4 Å². The monoisotopic (exact) mass is 301 g/mol. The van der Waals surface area contributed by atoms with E-state index in [2.05, 4.69) is 68.5 Å². The van der Waals surface area contributed by atoms with E-state index in [-0.39, 0.29) is 5.41 Å². The van der Waals surface area contributed by atoms with E-state index in [1.54, 1.807) is 11.8 Å². The summed E-state index contributed by atoms with van der Waals surface area (Å²) in [6.07, 6.45) is 2.08. The maximum atomic E-state index is 4.75. The fourth-order valence-electron chi connectivity index (χ4n) is 1.97. The third kappa shape index (κ3) is 3.97. The molecule has 0 aliphatic rings. The van der Waals surface area contributed by atoms with Crippen molar-refractivity contribution < 1.29 is 0 Å². The zero-order valence-corrected chi connectivity index (χ0v) is 14.2. The summed E-state index contributed by atoms with van der Waals surface area (Å²) in [5, 5.41) is 3.30. The molecule has 4 heteroatoms. The molecule has 0 amide bonds. The average molecular weight is 301 g/mol. The molecule has 2 aromatic rings. The quantitative estimate of drug-likeness (QED) is 0.838. The Balaban J connectivity index is 2.48. The van der Waals surface area contributed by atoms with Crippen LogP contribution in [0.3, 0.4) is 0 Å². The minimum absolute atomic E-state index is 0.00106. The Hall–Kier alpha value is -1.55. The lowest BCUT2D eigenvalue weighted by molar-refractivity contribution is 0.568. The van der Waals surface area contributed by atoms with E-state index in [4.69, 9.17) is 4.98 Å². The predicted molar refractivity (Wildman–Crippen MR) is 92.1 cm³/mol. The van der Waals surface area contributed by atoms with E-state index in [0.717, 1.165) is 29.4 Å². The first kappa shape index (κ1) is 15.8. The molecule has 1 aromatic heterocycles. The van der Waals surface area contributed by atoms with Gasteiger partial charge in [-0.3, -0.25) is 0 Å². The van der Waals surface area contributed by atoms with E-state index in [1.807, 2.05) is 6.07 Å². The van der Waals surface area contributed by atoms with Crippen LogP contribution in [-0.4, -0.2) is 22.8 Å². The highest BCUT2D eigenvalue weighted by molar-refractivity contribution is 7.98. The summed E-state index contributed by atoms with van der Waals surface area (Å²) in [6.45, 7) is 9.44. The van der Waals surface area contributed by atoms with E-state index in [1.165, 1.54) is 4.90 Å². The van der Waals surface area contributed by atoms with Gasteiger partial charge in [-0.05, 0) is 25.3 Å². The van der Waals surface area contributed by atoms with E-state index in [0.29, 0.717) is 0 Å². The molecule has 112 valence electrons. The fraction of sp³-hybridized carbons (Fsp3) is 0.412. The first-order valence-corrected chi connectivity index (χ1v) is 8.44. The highest BCUT2D eigenvalue weighted by atomic mass is 32.2. The van der Waals surface area contributed by atoms with Gasteiger partial charge in [0.15, 0.2) is 5.82 Å². The van der Waals surface area contributed by atoms with Gasteiger partial charge in [0.05, 0.1) is 5.69 Å². The highest BCUT2D eigenvalue weighted by Gasteiger charge is 2.18. The Kier molecular flexibility index (Phi) is 4.88. The maximum Gasteiger partial charge on any atom is 0.161 e. The van der Waals surface area contributed by atoms with Crippen LogP contribution >= 0.6 is 11.8 Å². The molecule has 0 saturated carbocycles. The summed E-state index contributed by atoms with van der Waals surface area (Å²) in [5.41, 5.74) is 2.11. The summed E-state index contributed by atoms with van der Waals surface area (Å²) >= 11 is 1.74. The third-order valence-electron chi connectivity index (χ3n) is 3.20. The van der Waals surface area contributed by atoms with Gasteiger partial charge in [0.1, 0.15) is 5.82 Å². The van der Waals surface area contributed by atoms with Crippen LogP contribution in [0.4, 0.5) is 5.82 Å². The maximum absolute atomic E-state index is 4.75. The first-order chi connectivity index (χ1) is 9.94. The lowest BCUT2D eigenvalue weighted by atomic mass is 9.91. The van der Waals surface area contributed by atoms with Crippen LogP contribution in [0.1, 0.15) is 33.4 Å². The number of rotatable bonds is 4. The van der Waals surface area contributed by atoms with Crippen molar-refractivity contribution >= 4 is 17.6 Å². The van der Waals surface area contributed by atoms with E-state index < -0.39 is 0 Å². The SMILES string of the molecule is CCNc1cc(C(C)(C)C)nc(-c2ccc(SC)cc2)n1. The molecular formula is C17H23N3S. The molecule has 0 saturated heterocycles. The molecule has 1 heterocycles. The van der Waals surface area contributed by atoms with Crippen LogP contribution in [0.15, 0.2) is 35.2 Å². The smallest absolute Gasteiger partial charge is 0.161 e.